The Hall–Kier alpha value is -3.04. The molecule has 4 aromatic rings. The third-order valence-electron chi connectivity index (χ3n) is 4.59. The number of imidazole rings is 1. The summed E-state index contributed by atoms with van der Waals surface area (Å²) in [5.41, 5.74) is 1.78. The first-order chi connectivity index (χ1) is 14.3. The fourth-order valence-corrected chi connectivity index (χ4v) is 4.90. The predicted octanol–water partition coefficient (Wildman–Crippen LogP) is 3.55. The maximum atomic E-state index is 13.4. The monoisotopic (exact) mass is 443 g/mol. The normalized spacial score (nSPS) is 12.7. The van der Waals surface area contributed by atoms with E-state index in [9.17, 15) is 17.6 Å². The second-order valence-corrected chi connectivity index (χ2v) is 9.70. The van der Waals surface area contributed by atoms with Crippen LogP contribution in [0.2, 0.25) is 0 Å². The number of amides is 1. The molecule has 0 saturated heterocycles. The van der Waals surface area contributed by atoms with Crippen LogP contribution in [-0.4, -0.2) is 30.1 Å². The first kappa shape index (κ1) is 20.2. The highest BCUT2D eigenvalue weighted by molar-refractivity contribution is 7.90. The smallest absolute Gasteiger partial charge is 0.240 e. The van der Waals surface area contributed by atoms with Crippen LogP contribution in [0.5, 0.6) is 0 Å². The minimum absolute atomic E-state index is 0.159. The lowest BCUT2D eigenvalue weighted by Crippen LogP contribution is -2.32. The van der Waals surface area contributed by atoms with Crippen molar-refractivity contribution in [2.24, 2.45) is 0 Å². The number of para-hydroxylation sites is 2. The summed E-state index contributed by atoms with van der Waals surface area (Å²) in [5.74, 6) is -0.747. The van der Waals surface area contributed by atoms with Crippen molar-refractivity contribution in [3.8, 4) is 0 Å². The predicted molar refractivity (Wildman–Crippen MR) is 114 cm³/mol. The molecule has 1 atom stereocenters. The topological polar surface area (TPSA) is 81.1 Å². The highest BCUT2D eigenvalue weighted by Crippen LogP contribution is 2.27. The second kappa shape index (κ2) is 8.00. The van der Waals surface area contributed by atoms with E-state index in [0.29, 0.717) is 11.0 Å². The SMILES string of the molecule is CS(=O)(=O)c1nc2ccccc2n1CC(=O)N[C@H](c1ccc(F)cc1)c1cccs1. The molecule has 2 aromatic heterocycles. The molecule has 1 N–H and O–H groups in total. The molecule has 0 saturated carbocycles. The number of nitrogens with zero attached hydrogens (tertiary/aromatic N) is 2. The highest BCUT2D eigenvalue weighted by atomic mass is 32.2. The zero-order valence-electron chi connectivity index (χ0n) is 15.9. The third-order valence-corrected chi connectivity index (χ3v) is 6.50. The van der Waals surface area contributed by atoms with Crippen LogP contribution in [0.3, 0.4) is 0 Å². The van der Waals surface area contributed by atoms with Crippen molar-refractivity contribution in [1.29, 1.82) is 0 Å². The van der Waals surface area contributed by atoms with Gasteiger partial charge in [-0.15, -0.1) is 11.3 Å². The minimum atomic E-state index is -3.64. The summed E-state index contributed by atoms with van der Waals surface area (Å²) in [4.78, 5) is 18.0. The lowest BCUT2D eigenvalue weighted by molar-refractivity contribution is -0.122. The Labute approximate surface area is 176 Å². The third kappa shape index (κ3) is 4.12. The van der Waals surface area contributed by atoms with Gasteiger partial charge in [-0.25, -0.2) is 17.8 Å². The van der Waals surface area contributed by atoms with E-state index in [4.69, 9.17) is 0 Å². The Morgan fingerprint density at radius 3 is 2.53 bits per heavy atom. The van der Waals surface area contributed by atoms with E-state index in [2.05, 4.69) is 10.3 Å². The van der Waals surface area contributed by atoms with Crippen LogP contribution in [0.4, 0.5) is 4.39 Å². The molecule has 9 heteroatoms. The van der Waals surface area contributed by atoms with Crippen LogP contribution in [0.1, 0.15) is 16.5 Å². The Bertz CT molecular complexity index is 1300. The molecule has 0 aliphatic heterocycles. The molecule has 0 aliphatic carbocycles. The molecule has 0 radical (unpaired) electrons. The van der Waals surface area contributed by atoms with Gasteiger partial charge in [-0.1, -0.05) is 30.3 Å². The molecule has 0 bridgehead atoms. The molecule has 30 heavy (non-hydrogen) atoms. The van der Waals surface area contributed by atoms with Crippen LogP contribution in [0.15, 0.2) is 71.2 Å². The summed E-state index contributed by atoms with van der Waals surface area (Å²) in [6, 6.07) is 16.1. The summed E-state index contributed by atoms with van der Waals surface area (Å²) in [6.45, 7) is -0.216. The fraction of sp³-hybridized carbons (Fsp3) is 0.143. The number of benzene rings is 2. The van der Waals surface area contributed by atoms with E-state index >= 15 is 0 Å². The molecule has 1 amide bonds. The standard InChI is InChI=1S/C21H18FN3O3S2/c1-30(27,28)21-23-16-5-2-3-6-17(16)25(21)13-19(26)24-20(18-7-4-12-29-18)14-8-10-15(22)11-9-14/h2-12,20H,13H2,1H3,(H,24,26)/t20-/m1/s1. The van der Waals surface area contributed by atoms with E-state index in [-0.39, 0.29) is 23.4 Å². The summed E-state index contributed by atoms with van der Waals surface area (Å²) in [6.07, 6.45) is 1.07. The number of hydrogen-bond acceptors (Lipinski definition) is 5. The van der Waals surface area contributed by atoms with Crippen molar-refractivity contribution in [2.45, 2.75) is 17.7 Å². The van der Waals surface area contributed by atoms with Crippen LogP contribution in [0, 0.1) is 5.82 Å². The molecule has 0 spiro atoms. The minimum Gasteiger partial charge on any atom is -0.343 e. The van der Waals surface area contributed by atoms with Crippen molar-refractivity contribution < 1.29 is 17.6 Å². The maximum absolute atomic E-state index is 13.4. The Morgan fingerprint density at radius 2 is 1.87 bits per heavy atom. The molecular weight excluding hydrogens is 425 g/mol. The van der Waals surface area contributed by atoms with Crippen molar-refractivity contribution in [2.75, 3.05) is 6.26 Å². The zero-order valence-corrected chi connectivity index (χ0v) is 17.6. The lowest BCUT2D eigenvalue weighted by atomic mass is 10.1. The van der Waals surface area contributed by atoms with Gasteiger partial charge in [-0.05, 0) is 41.3 Å². The average Bonchev–Trinajstić information content (AvgIpc) is 3.35. The van der Waals surface area contributed by atoms with Gasteiger partial charge in [0, 0.05) is 11.1 Å². The van der Waals surface area contributed by atoms with Crippen LogP contribution in [-0.2, 0) is 21.2 Å². The van der Waals surface area contributed by atoms with Crippen molar-refractivity contribution >= 4 is 38.1 Å². The Kier molecular flexibility index (Phi) is 5.40. The van der Waals surface area contributed by atoms with Gasteiger partial charge < -0.3 is 9.88 Å². The number of halogens is 1. The molecule has 0 unspecified atom stereocenters. The number of rotatable bonds is 6. The average molecular weight is 444 g/mol. The van der Waals surface area contributed by atoms with Crippen molar-refractivity contribution in [3.63, 3.8) is 0 Å². The number of sulfone groups is 1. The zero-order chi connectivity index (χ0) is 21.3. The number of fused-ring (bicyclic) bond motifs is 1. The fourth-order valence-electron chi connectivity index (χ4n) is 3.27. The van der Waals surface area contributed by atoms with Crippen molar-refractivity contribution in [3.05, 3.63) is 82.3 Å². The number of aromatic nitrogens is 2. The molecule has 4 rings (SSSR count). The van der Waals surface area contributed by atoms with Crippen LogP contribution >= 0.6 is 11.3 Å². The molecule has 154 valence electrons. The van der Waals surface area contributed by atoms with Crippen molar-refractivity contribution in [1.82, 2.24) is 14.9 Å². The Morgan fingerprint density at radius 1 is 1.13 bits per heavy atom. The van der Waals surface area contributed by atoms with Gasteiger partial charge in [0.15, 0.2) is 0 Å². The van der Waals surface area contributed by atoms with Gasteiger partial charge in [0.25, 0.3) is 0 Å². The second-order valence-electron chi connectivity index (χ2n) is 6.81. The lowest BCUT2D eigenvalue weighted by Gasteiger charge is -2.19. The molecule has 6 nitrogen and oxygen atoms in total. The van der Waals surface area contributed by atoms with Gasteiger partial charge in [0.1, 0.15) is 12.4 Å². The van der Waals surface area contributed by atoms with Gasteiger partial charge in [0.2, 0.25) is 20.9 Å². The summed E-state index contributed by atoms with van der Waals surface area (Å²) in [5, 5.41) is 4.68. The maximum Gasteiger partial charge on any atom is 0.240 e. The first-order valence-corrected chi connectivity index (χ1v) is 11.8. The molecule has 0 aliphatic rings. The number of nitrogens with one attached hydrogen (secondary N) is 1. The Balaban J connectivity index is 1.67. The number of carbonyl (C=O) groups excluding carboxylic acids is 1. The van der Waals surface area contributed by atoms with E-state index in [1.165, 1.54) is 28.0 Å². The number of thiophene rings is 1. The van der Waals surface area contributed by atoms with Gasteiger partial charge in [-0.2, -0.15) is 0 Å². The molecule has 2 heterocycles. The van der Waals surface area contributed by atoms with Gasteiger partial charge in [0.05, 0.1) is 17.1 Å². The quantitative estimate of drug-likeness (QED) is 0.494. The van der Waals surface area contributed by atoms with Gasteiger partial charge >= 0.3 is 0 Å². The van der Waals surface area contributed by atoms with Gasteiger partial charge in [-0.3, -0.25) is 4.79 Å². The van der Waals surface area contributed by atoms with E-state index in [0.717, 1.165) is 16.7 Å². The number of hydrogen-bond donors (Lipinski definition) is 1. The molecule has 0 fully saturated rings. The highest BCUT2D eigenvalue weighted by Gasteiger charge is 2.23. The summed E-state index contributed by atoms with van der Waals surface area (Å²) >= 11 is 1.47. The molecule has 2 aromatic carbocycles. The largest absolute Gasteiger partial charge is 0.343 e. The molecular formula is C21H18FN3O3S2. The summed E-state index contributed by atoms with van der Waals surface area (Å²) in [7, 11) is -3.64. The number of carbonyl (C=O) groups is 1. The van der Waals surface area contributed by atoms with Crippen LogP contribution in [0.25, 0.3) is 11.0 Å². The first-order valence-electron chi connectivity index (χ1n) is 9.06. The van der Waals surface area contributed by atoms with Crippen LogP contribution < -0.4 is 5.32 Å². The summed E-state index contributed by atoms with van der Waals surface area (Å²) < 4.78 is 39.2. The van der Waals surface area contributed by atoms with E-state index < -0.39 is 15.9 Å². The van der Waals surface area contributed by atoms with E-state index in [1.807, 2.05) is 17.5 Å². The van der Waals surface area contributed by atoms with E-state index in [1.54, 1.807) is 36.4 Å².